The van der Waals surface area contributed by atoms with Gasteiger partial charge in [-0.1, -0.05) is 71.7 Å². The monoisotopic (exact) mass is 647 g/mol. The first kappa shape index (κ1) is 27.1. The number of aromatic nitrogens is 2. The van der Waals surface area contributed by atoms with E-state index in [1.54, 1.807) is 30.3 Å². The average molecular weight is 649 g/mol. The number of halogens is 3. The molecule has 0 amide bonds. The van der Waals surface area contributed by atoms with Crippen LogP contribution in [0.15, 0.2) is 104 Å². The number of furan rings is 1. The highest BCUT2D eigenvalue weighted by molar-refractivity contribution is 9.10. The van der Waals surface area contributed by atoms with Gasteiger partial charge in [-0.3, -0.25) is 4.79 Å². The number of methoxy groups -OCH3 is 1. The Morgan fingerprint density at radius 3 is 2.59 bits per heavy atom. The van der Waals surface area contributed by atoms with Crippen molar-refractivity contribution in [3.63, 3.8) is 0 Å². The molecule has 0 N–H and O–H groups in total. The number of nitrogens with zero attached hydrogens (tertiary/aromatic N) is 3. The number of hydrogen-bond donors (Lipinski definition) is 0. The third-order valence-electron chi connectivity index (χ3n) is 6.42. The molecule has 6 rings (SSSR count). The Labute approximate surface area is 252 Å². The molecule has 0 unspecified atom stereocenters. The van der Waals surface area contributed by atoms with Crippen LogP contribution in [0.5, 0.6) is 11.5 Å². The van der Waals surface area contributed by atoms with Gasteiger partial charge in [-0.2, -0.15) is 9.78 Å². The fourth-order valence-electron chi connectivity index (χ4n) is 4.35. The van der Waals surface area contributed by atoms with Crippen LogP contribution < -0.4 is 15.0 Å². The summed E-state index contributed by atoms with van der Waals surface area (Å²) >= 11 is 16.5. The lowest BCUT2D eigenvalue weighted by Gasteiger charge is -2.15. The van der Waals surface area contributed by atoms with Crippen molar-refractivity contribution in [2.24, 2.45) is 5.10 Å². The average Bonchev–Trinajstić information content (AvgIpc) is 3.43. The lowest BCUT2D eigenvalue weighted by molar-refractivity contribution is 0.284. The van der Waals surface area contributed by atoms with E-state index in [1.165, 1.54) is 18.0 Å². The minimum Gasteiger partial charge on any atom is -0.493 e. The number of rotatable bonds is 7. The van der Waals surface area contributed by atoms with E-state index in [4.69, 9.17) is 42.1 Å². The Morgan fingerprint density at radius 2 is 1.78 bits per heavy atom. The van der Waals surface area contributed by atoms with Gasteiger partial charge in [-0.15, -0.1) is 0 Å². The maximum atomic E-state index is 13.6. The lowest BCUT2D eigenvalue weighted by atomic mass is 10.2. The Morgan fingerprint density at radius 1 is 1.02 bits per heavy atom. The number of ether oxygens (including phenoxy) is 2. The molecule has 0 aliphatic heterocycles. The highest BCUT2D eigenvalue weighted by atomic mass is 79.9. The van der Waals surface area contributed by atoms with Crippen LogP contribution in [0, 0.1) is 0 Å². The molecular weight excluding hydrogens is 629 g/mol. The summed E-state index contributed by atoms with van der Waals surface area (Å²) in [6.07, 6.45) is 1.50. The van der Waals surface area contributed by atoms with Crippen molar-refractivity contribution in [2.75, 3.05) is 7.11 Å². The van der Waals surface area contributed by atoms with Gasteiger partial charge in [0, 0.05) is 26.0 Å². The molecule has 6 aromatic rings. The second-order valence-electron chi connectivity index (χ2n) is 8.97. The zero-order valence-corrected chi connectivity index (χ0v) is 24.6. The standard InChI is InChI=1S/C31H20BrCl2N3O4/c1-39-25-15-20(27(32)28(34)29(25)40-17-19-9-2-5-11-22(19)33)16-35-37-30(26-14-18-8-3-7-13-24(18)41-26)36-23-12-6-4-10-21(23)31(37)38/h2-16H,17H2,1H3. The van der Waals surface area contributed by atoms with E-state index >= 15 is 0 Å². The third kappa shape index (κ3) is 5.22. The van der Waals surface area contributed by atoms with Gasteiger partial charge in [0.05, 0.1) is 24.2 Å². The molecule has 2 aromatic heterocycles. The van der Waals surface area contributed by atoms with Gasteiger partial charge in [0.1, 0.15) is 17.2 Å². The second-order valence-corrected chi connectivity index (χ2v) is 10.5. The fourth-order valence-corrected chi connectivity index (χ4v) is 5.20. The fraction of sp³-hybridized carbons (Fsp3) is 0.0645. The summed E-state index contributed by atoms with van der Waals surface area (Å²) in [4.78, 5) is 18.3. The number of fused-ring (bicyclic) bond motifs is 2. The van der Waals surface area contributed by atoms with Crippen LogP contribution in [0.25, 0.3) is 33.5 Å². The summed E-state index contributed by atoms with van der Waals surface area (Å²) in [5.41, 5.74) is 2.21. The van der Waals surface area contributed by atoms with E-state index in [9.17, 15) is 4.79 Å². The predicted molar refractivity (Wildman–Crippen MR) is 166 cm³/mol. The predicted octanol–water partition coefficient (Wildman–Crippen LogP) is 8.35. The van der Waals surface area contributed by atoms with Crippen molar-refractivity contribution in [1.29, 1.82) is 0 Å². The van der Waals surface area contributed by atoms with Crippen molar-refractivity contribution in [1.82, 2.24) is 9.66 Å². The van der Waals surface area contributed by atoms with Crippen LogP contribution in [-0.2, 0) is 6.61 Å². The van der Waals surface area contributed by atoms with Crippen LogP contribution >= 0.6 is 39.1 Å². The molecule has 0 saturated heterocycles. The van der Waals surface area contributed by atoms with Crippen LogP contribution in [0.4, 0.5) is 0 Å². The normalized spacial score (nSPS) is 11.5. The first-order chi connectivity index (χ1) is 19.9. The molecular formula is C31H20BrCl2N3O4. The number of hydrogen-bond acceptors (Lipinski definition) is 6. The van der Waals surface area contributed by atoms with Crippen molar-refractivity contribution < 1.29 is 13.9 Å². The molecule has 7 nitrogen and oxygen atoms in total. The van der Waals surface area contributed by atoms with Gasteiger partial charge in [0.25, 0.3) is 5.56 Å². The van der Waals surface area contributed by atoms with Gasteiger partial charge in [-0.25, -0.2) is 4.98 Å². The van der Waals surface area contributed by atoms with Crippen LogP contribution in [0.3, 0.4) is 0 Å². The molecule has 2 heterocycles. The second kappa shape index (κ2) is 11.4. The van der Waals surface area contributed by atoms with Crippen LogP contribution in [0.1, 0.15) is 11.1 Å². The molecule has 204 valence electrons. The van der Waals surface area contributed by atoms with Gasteiger partial charge >= 0.3 is 0 Å². The van der Waals surface area contributed by atoms with Gasteiger partial charge in [0.2, 0.25) is 5.82 Å². The van der Waals surface area contributed by atoms with Crippen molar-refractivity contribution in [3.8, 4) is 23.1 Å². The molecule has 0 aliphatic carbocycles. The maximum absolute atomic E-state index is 13.6. The Kier molecular flexibility index (Phi) is 7.53. The maximum Gasteiger partial charge on any atom is 0.282 e. The molecule has 4 aromatic carbocycles. The van der Waals surface area contributed by atoms with Crippen molar-refractivity contribution >= 4 is 67.2 Å². The van der Waals surface area contributed by atoms with E-state index in [0.717, 1.165) is 10.9 Å². The first-order valence-electron chi connectivity index (χ1n) is 12.4. The Hall–Kier alpha value is -4.11. The topological polar surface area (TPSA) is 78.9 Å². The molecule has 0 aliphatic rings. The SMILES string of the molecule is COc1cc(C=Nn2c(-c3cc4ccccc4o3)nc3ccccc3c2=O)c(Br)c(Cl)c1OCc1ccccc1Cl. The summed E-state index contributed by atoms with van der Waals surface area (Å²) in [6.45, 7) is 0.189. The van der Waals surface area contributed by atoms with E-state index in [0.29, 0.717) is 48.8 Å². The molecule has 10 heteroatoms. The molecule has 0 saturated carbocycles. The summed E-state index contributed by atoms with van der Waals surface area (Å²) in [5.74, 6) is 1.39. The highest BCUT2D eigenvalue weighted by Crippen LogP contribution is 2.42. The quantitative estimate of drug-likeness (QED) is 0.163. The summed E-state index contributed by atoms with van der Waals surface area (Å²) in [5, 5.41) is 6.70. The first-order valence-corrected chi connectivity index (χ1v) is 14.0. The van der Waals surface area contributed by atoms with Crippen LogP contribution in [-0.4, -0.2) is 23.0 Å². The summed E-state index contributed by atoms with van der Waals surface area (Å²) in [6, 6.07) is 25.6. The van der Waals surface area contributed by atoms with E-state index < -0.39 is 0 Å². The Bertz CT molecular complexity index is 1990. The van der Waals surface area contributed by atoms with Gasteiger partial charge < -0.3 is 13.9 Å². The van der Waals surface area contributed by atoms with Gasteiger partial charge in [0.15, 0.2) is 17.3 Å². The summed E-state index contributed by atoms with van der Waals surface area (Å²) < 4.78 is 19.4. The van der Waals surface area contributed by atoms with Crippen molar-refractivity contribution in [3.05, 3.63) is 121 Å². The lowest BCUT2D eigenvalue weighted by Crippen LogP contribution is -2.20. The Balaban J connectivity index is 1.43. The zero-order chi connectivity index (χ0) is 28.5. The minimum atomic E-state index is -0.351. The number of benzene rings is 4. The van der Waals surface area contributed by atoms with E-state index in [2.05, 4.69) is 21.0 Å². The van der Waals surface area contributed by atoms with E-state index in [-0.39, 0.29) is 23.0 Å². The largest absolute Gasteiger partial charge is 0.493 e. The zero-order valence-electron chi connectivity index (χ0n) is 21.5. The molecule has 0 radical (unpaired) electrons. The molecule has 0 spiro atoms. The third-order valence-corrected chi connectivity index (χ3v) is 8.23. The highest BCUT2D eigenvalue weighted by Gasteiger charge is 2.19. The van der Waals surface area contributed by atoms with E-state index in [1.807, 2.05) is 54.6 Å². The summed E-state index contributed by atoms with van der Waals surface area (Å²) in [7, 11) is 1.51. The number of para-hydroxylation sites is 2. The molecule has 0 fully saturated rings. The molecule has 41 heavy (non-hydrogen) atoms. The smallest absolute Gasteiger partial charge is 0.282 e. The van der Waals surface area contributed by atoms with Gasteiger partial charge in [-0.05, 0) is 52.3 Å². The van der Waals surface area contributed by atoms with Crippen molar-refractivity contribution in [2.45, 2.75) is 6.61 Å². The molecule has 0 bridgehead atoms. The minimum absolute atomic E-state index is 0.189. The van der Waals surface area contributed by atoms with Crippen LogP contribution in [0.2, 0.25) is 10.0 Å². The molecule has 0 atom stereocenters.